The van der Waals surface area contributed by atoms with E-state index in [0.717, 1.165) is 4.31 Å². The second kappa shape index (κ2) is 8.33. The highest BCUT2D eigenvalue weighted by Gasteiger charge is 2.25. The summed E-state index contributed by atoms with van der Waals surface area (Å²) in [5.41, 5.74) is 0.502. The van der Waals surface area contributed by atoms with E-state index in [-0.39, 0.29) is 11.4 Å². The predicted molar refractivity (Wildman–Crippen MR) is 95.7 cm³/mol. The topological polar surface area (TPSA) is 75.7 Å². The molecule has 0 aromatic heterocycles. The number of ether oxygens (including phenoxy) is 1. The summed E-state index contributed by atoms with van der Waals surface area (Å²) in [6.07, 6.45) is 5.27. The number of hydrogen-bond donors (Lipinski definition) is 1. The van der Waals surface area contributed by atoms with Crippen molar-refractivity contribution in [2.45, 2.75) is 4.90 Å². The predicted octanol–water partition coefficient (Wildman–Crippen LogP) is 1.96. The molecular weight excluding hydrogens is 340 g/mol. The van der Waals surface area contributed by atoms with Crippen LogP contribution in [-0.4, -0.2) is 38.8 Å². The van der Waals surface area contributed by atoms with Crippen LogP contribution in [0, 0.1) is 12.3 Å². The maximum Gasteiger partial charge on any atom is 0.244 e. The molecule has 0 fully saturated rings. The third kappa shape index (κ3) is 4.83. The molecule has 0 aliphatic rings. The van der Waals surface area contributed by atoms with E-state index in [1.54, 1.807) is 42.5 Å². The highest BCUT2D eigenvalue weighted by Crippen LogP contribution is 2.18. The van der Waals surface area contributed by atoms with Crippen molar-refractivity contribution < 1.29 is 17.9 Å². The number of sulfonamides is 1. The number of benzene rings is 2. The lowest BCUT2D eigenvalue weighted by atomic mass is 10.3. The molecular formula is C18H18N2O4S. The number of methoxy groups -OCH3 is 1. The molecule has 0 aliphatic heterocycles. The maximum atomic E-state index is 12.6. The number of hydrogen-bond acceptors (Lipinski definition) is 4. The average Bonchev–Trinajstić information content (AvgIpc) is 2.62. The van der Waals surface area contributed by atoms with E-state index in [2.05, 4.69) is 11.2 Å². The molecule has 25 heavy (non-hydrogen) atoms. The number of nitrogens with zero attached hydrogens (tertiary/aromatic N) is 1. The van der Waals surface area contributed by atoms with Gasteiger partial charge < -0.3 is 10.1 Å². The van der Waals surface area contributed by atoms with Gasteiger partial charge in [-0.15, -0.1) is 6.42 Å². The Balaban J connectivity index is 2.16. The van der Waals surface area contributed by atoms with Gasteiger partial charge in [-0.25, -0.2) is 8.42 Å². The van der Waals surface area contributed by atoms with E-state index in [9.17, 15) is 13.2 Å². The van der Waals surface area contributed by atoms with Gasteiger partial charge in [0.15, 0.2) is 0 Å². The van der Waals surface area contributed by atoms with Crippen molar-refractivity contribution in [2.75, 3.05) is 25.5 Å². The number of anilines is 1. The van der Waals surface area contributed by atoms with Crippen molar-refractivity contribution in [3.8, 4) is 18.1 Å². The van der Waals surface area contributed by atoms with Crippen LogP contribution >= 0.6 is 0 Å². The van der Waals surface area contributed by atoms with Crippen LogP contribution in [0.15, 0.2) is 59.5 Å². The average molecular weight is 358 g/mol. The van der Waals surface area contributed by atoms with Gasteiger partial charge >= 0.3 is 0 Å². The first-order chi connectivity index (χ1) is 12.0. The first-order valence-electron chi connectivity index (χ1n) is 7.40. The van der Waals surface area contributed by atoms with Crippen LogP contribution in [0.3, 0.4) is 0 Å². The van der Waals surface area contributed by atoms with Crippen LogP contribution in [0.4, 0.5) is 5.69 Å². The molecule has 6 nitrogen and oxygen atoms in total. The number of rotatable bonds is 7. The van der Waals surface area contributed by atoms with Gasteiger partial charge in [0.25, 0.3) is 0 Å². The lowest BCUT2D eigenvalue weighted by Gasteiger charge is -2.19. The number of amides is 1. The fraction of sp³-hybridized carbons (Fsp3) is 0.167. The van der Waals surface area contributed by atoms with Crippen LogP contribution in [0.5, 0.6) is 5.75 Å². The molecule has 0 bridgehead atoms. The smallest absolute Gasteiger partial charge is 0.244 e. The molecule has 2 rings (SSSR count). The van der Waals surface area contributed by atoms with E-state index in [0.29, 0.717) is 11.4 Å². The van der Waals surface area contributed by atoms with Gasteiger partial charge in [0.05, 0.1) is 25.1 Å². The van der Waals surface area contributed by atoms with Crippen molar-refractivity contribution in [1.82, 2.24) is 4.31 Å². The molecule has 7 heteroatoms. The third-order valence-electron chi connectivity index (χ3n) is 3.32. The van der Waals surface area contributed by atoms with E-state index in [4.69, 9.17) is 11.2 Å². The van der Waals surface area contributed by atoms with Gasteiger partial charge in [0.2, 0.25) is 15.9 Å². The van der Waals surface area contributed by atoms with Gasteiger partial charge in [-0.05, 0) is 24.3 Å². The molecule has 0 saturated heterocycles. The Morgan fingerprint density at radius 3 is 2.56 bits per heavy atom. The van der Waals surface area contributed by atoms with E-state index in [1.165, 1.54) is 19.2 Å². The molecule has 2 aromatic carbocycles. The number of carbonyl (C=O) groups excluding carboxylic acids is 1. The Hall–Kier alpha value is -2.82. The number of nitrogens with one attached hydrogen (secondary N) is 1. The standard InChI is InChI=1S/C18H18N2O4S/c1-3-12-20(25(22,23)17-10-5-4-6-11-17)14-18(21)19-15-8-7-9-16(13-15)24-2/h1,4-11,13H,12,14H2,2H3,(H,19,21). The van der Waals surface area contributed by atoms with Crippen molar-refractivity contribution in [2.24, 2.45) is 0 Å². The summed E-state index contributed by atoms with van der Waals surface area (Å²) < 4.78 is 31.3. The third-order valence-corrected chi connectivity index (χ3v) is 5.13. The maximum absolute atomic E-state index is 12.6. The Morgan fingerprint density at radius 2 is 1.92 bits per heavy atom. The fourth-order valence-electron chi connectivity index (χ4n) is 2.13. The van der Waals surface area contributed by atoms with Crippen LogP contribution in [0.2, 0.25) is 0 Å². The molecule has 0 aliphatic carbocycles. The lowest BCUT2D eigenvalue weighted by Crippen LogP contribution is -2.38. The molecule has 130 valence electrons. The molecule has 2 aromatic rings. The lowest BCUT2D eigenvalue weighted by molar-refractivity contribution is -0.116. The summed E-state index contributed by atoms with van der Waals surface area (Å²) in [7, 11) is -2.34. The molecule has 0 heterocycles. The monoisotopic (exact) mass is 358 g/mol. The summed E-state index contributed by atoms with van der Waals surface area (Å²) in [5.74, 6) is 2.36. The Kier molecular flexibility index (Phi) is 6.17. The molecule has 0 unspecified atom stereocenters. The first kappa shape index (κ1) is 18.5. The number of carbonyl (C=O) groups is 1. The SMILES string of the molecule is C#CCN(CC(=O)Nc1cccc(OC)c1)S(=O)(=O)c1ccccc1. The van der Waals surface area contributed by atoms with Crippen LogP contribution in [-0.2, 0) is 14.8 Å². The van der Waals surface area contributed by atoms with Crippen LogP contribution in [0.25, 0.3) is 0 Å². The number of terminal acetylenes is 1. The quantitative estimate of drug-likeness (QED) is 0.768. The summed E-state index contributed by atoms with van der Waals surface area (Å²) in [6.45, 7) is -0.596. The first-order valence-corrected chi connectivity index (χ1v) is 8.84. The second-order valence-corrected chi connectivity index (χ2v) is 7.01. The Morgan fingerprint density at radius 1 is 1.20 bits per heavy atom. The second-order valence-electron chi connectivity index (χ2n) is 5.07. The van der Waals surface area contributed by atoms with Gasteiger partial charge in [-0.1, -0.05) is 30.2 Å². The van der Waals surface area contributed by atoms with Crippen LogP contribution in [0.1, 0.15) is 0 Å². The normalized spacial score (nSPS) is 10.9. The van der Waals surface area contributed by atoms with Gasteiger partial charge in [0, 0.05) is 11.8 Å². The zero-order valence-electron chi connectivity index (χ0n) is 13.7. The molecule has 0 atom stereocenters. The zero-order valence-corrected chi connectivity index (χ0v) is 14.5. The van der Waals surface area contributed by atoms with Gasteiger partial charge in [0.1, 0.15) is 5.75 Å². The molecule has 1 amide bonds. The van der Waals surface area contributed by atoms with Crippen molar-refractivity contribution in [3.05, 3.63) is 54.6 Å². The summed E-state index contributed by atoms with van der Waals surface area (Å²) in [4.78, 5) is 12.3. The Labute approximate surface area is 147 Å². The zero-order chi connectivity index (χ0) is 18.3. The van der Waals surface area contributed by atoms with Gasteiger partial charge in [-0.2, -0.15) is 4.31 Å². The minimum atomic E-state index is -3.86. The van der Waals surface area contributed by atoms with E-state index in [1.807, 2.05) is 0 Å². The summed E-state index contributed by atoms with van der Waals surface area (Å²) >= 11 is 0. The molecule has 0 radical (unpaired) electrons. The Bertz CT molecular complexity index is 873. The molecule has 0 spiro atoms. The summed E-state index contributed by atoms with van der Waals surface area (Å²) in [6, 6.07) is 14.6. The van der Waals surface area contributed by atoms with Crippen molar-refractivity contribution >= 4 is 21.6 Å². The minimum absolute atomic E-state index is 0.0828. The highest BCUT2D eigenvalue weighted by atomic mass is 32.2. The largest absolute Gasteiger partial charge is 0.497 e. The molecule has 0 saturated carbocycles. The van der Waals surface area contributed by atoms with Crippen molar-refractivity contribution in [1.29, 1.82) is 0 Å². The summed E-state index contributed by atoms with van der Waals surface area (Å²) in [5, 5.41) is 2.64. The van der Waals surface area contributed by atoms with E-state index < -0.39 is 22.5 Å². The van der Waals surface area contributed by atoms with Crippen molar-refractivity contribution in [3.63, 3.8) is 0 Å². The minimum Gasteiger partial charge on any atom is -0.497 e. The highest BCUT2D eigenvalue weighted by molar-refractivity contribution is 7.89. The molecule has 1 N–H and O–H groups in total. The van der Waals surface area contributed by atoms with Crippen LogP contribution < -0.4 is 10.1 Å². The fourth-order valence-corrected chi connectivity index (χ4v) is 3.46. The van der Waals surface area contributed by atoms with E-state index >= 15 is 0 Å². The van der Waals surface area contributed by atoms with Gasteiger partial charge in [-0.3, -0.25) is 4.79 Å².